The molecule has 11 N–H and O–H groups in total. The van der Waals surface area contributed by atoms with Crippen molar-refractivity contribution in [3.63, 3.8) is 0 Å². The predicted molar refractivity (Wildman–Crippen MR) is 538 cm³/mol. The Morgan fingerprint density at radius 2 is 0.805 bits per heavy atom. The van der Waals surface area contributed by atoms with E-state index in [1.54, 1.807) is 36.7 Å². The number of fused-ring (bicyclic) bond motifs is 25. The smallest absolute Gasteiger partial charge is 0.407 e. The van der Waals surface area contributed by atoms with E-state index in [1.807, 2.05) is 152 Å². The van der Waals surface area contributed by atoms with Crippen LogP contribution < -0.4 is 11.1 Å². The van der Waals surface area contributed by atoms with Gasteiger partial charge in [0.25, 0.3) is 0 Å². The van der Waals surface area contributed by atoms with Crippen LogP contribution in [0.5, 0.6) is 17.2 Å². The number of carbonyl (C=O) groups is 2. The minimum atomic E-state index is -0.417. The number of halogens is 2. The van der Waals surface area contributed by atoms with Crippen molar-refractivity contribution < 1.29 is 29.6 Å². The van der Waals surface area contributed by atoms with Crippen LogP contribution in [0.3, 0.4) is 0 Å². The average molecular weight is 1980 g/mol. The number of ether oxygens (including phenoxy) is 1. The first-order valence-corrected chi connectivity index (χ1v) is 47.5. The number of aryl methyl sites for hydroxylation is 5. The fourth-order valence-corrected chi connectivity index (χ4v) is 22.4. The van der Waals surface area contributed by atoms with E-state index in [2.05, 4.69) is 136 Å². The van der Waals surface area contributed by atoms with E-state index in [4.69, 9.17) is 35.4 Å². The number of benzene rings is 9. The third kappa shape index (κ3) is 16.2. The second kappa shape index (κ2) is 36.0. The van der Waals surface area contributed by atoms with Crippen LogP contribution in [0.4, 0.5) is 10.7 Å². The number of H-pyrrole nitrogens is 5. The zero-order valence-corrected chi connectivity index (χ0v) is 76.7. The highest BCUT2D eigenvalue weighted by Crippen LogP contribution is 2.46. The highest BCUT2D eigenvalue weighted by molar-refractivity contribution is 14.1. The molecule has 25 nitrogen and oxygen atoms in total. The number of aromatic amines is 5. The third-order valence-electron chi connectivity index (χ3n) is 26.8. The number of allylic oxidation sites excluding steroid dienone is 4. The molecule has 0 bridgehead atoms. The predicted octanol–water partition coefficient (Wildman–Crippen LogP) is 22.1. The van der Waals surface area contributed by atoms with Gasteiger partial charge in [-0.3, -0.25) is 30.3 Å². The van der Waals surface area contributed by atoms with Crippen LogP contribution in [-0.2, 0) is 80.3 Å². The number of amides is 1. The topological polar surface area (TPSA) is 376 Å². The zero-order valence-electron chi connectivity index (χ0n) is 72.4. The van der Waals surface area contributed by atoms with Crippen molar-refractivity contribution in [1.82, 2.24) is 91.2 Å². The fraction of sp³-hybridized carbons (Fsp3) is 0.208. The summed E-state index contributed by atoms with van der Waals surface area (Å²) in [6, 6.07) is 48.6. The Balaban J connectivity index is 0.0000000977. The molecule has 658 valence electrons. The first kappa shape index (κ1) is 84.1. The molecule has 0 saturated carbocycles. The first-order chi connectivity index (χ1) is 65.2. The molecule has 20 aromatic rings. The van der Waals surface area contributed by atoms with Crippen molar-refractivity contribution >= 4 is 178 Å². The molecule has 0 radical (unpaired) electrons. The standard InChI is InChI=1S/C28H24N4O3.C20H15I2N3O.2C20H17N3O.C18H16N6/c33-20-9-6-18(7-10-20)27-22-14-19(30-28(34)35-16-17-4-2-1-3-5-17)8-11-21(22)26-23-15-29-32-24(23)12-13-25(26)31-27;21-14-7-10(8-15(22)20(14)26)19-12-4-2-1-3-11(12)18-13-9-23-25-16(13)5-6-17(18)24-19;24-13-5-3-4-12(10-13)20-15-7-2-1-6-14(15)19-16-11-21-23-17(16)8-9-18(19)22-20;24-18-8-4-3-7-14(18)20-13-6-2-1-5-12(13)19-15-11-21-23-16(15)9-10-17(19)22-20;19-18-20-7-10(8-21-18)17-12-4-2-1-3-11(12)16-13-9-22-24-14(13)5-6-15(16)23-17/h1-7,9-10,12-13,15,19,33H,8,11,14,16H2,(H,29,32)(H,30,34);5-9,26H,1-4H2,(H,23,25);3-5,8-11,24H,1-2,6-7H2,(H,21,23);3-4,7,9-11H,1-2,5-6,8H2,(H,21,23);5-9H,1-4H2,(H,22,24)(H2,19,20,21). The molecule has 11 aromatic heterocycles. The summed E-state index contributed by atoms with van der Waals surface area (Å²) >= 11 is 4.38. The van der Waals surface area contributed by atoms with Gasteiger partial charge in [-0.25, -0.2) is 39.7 Å². The van der Waals surface area contributed by atoms with E-state index in [9.17, 15) is 24.9 Å². The Morgan fingerprint density at radius 3 is 1.24 bits per heavy atom. The number of aromatic nitrogens is 17. The molecule has 1 atom stereocenters. The van der Waals surface area contributed by atoms with Crippen molar-refractivity contribution in [2.24, 2.45) is 0 Å². The van der Waals surface area contributed by atoms with Gasteiger partial charge in [0, 0.05) is 107 Å². The van der Waals surface area contributed by atoms with Gasteiger partial charge in [0.05, 0.1) is 122 Å². The van der Waals surface area contributed by atoms with Crippen LogP contribution in [0.15, 0.2) is 213 Å². The highest BCUT2D eigenvalue weighted by Gasteiger charge is 2.32. The van der Waals surface area contributed by atoms with Crippen molar-refractivity contribution in [3.8, 4) is 62.3 Å². The summed E-state index contributed by atoms with van der Waals surface area (Å²) < 4.78 is 7.18. The lowest BCUT2D eigenvalue weighted by atomic mass is 9.83. The Hall–Kier alpha value is -14.5. The summed E-state index contributed by atoms with van der Waals surface area (Å²) in [5.41, 5.74) is 39.4. The Labute approximate surface area is 788 Å². The number of phenolic OH excluding ortho intramolecular Hbond substituents is 3. The molecule has 1 amide bonds. The summed E-state index contributed by atoms with van der Waals surface area (Å²) in [5.74, 6) is 1.30. The van der Waals surface area contributed by atoms with E-state index < -0.39 is 6.09 Å². The molecular weight excluding hydrogens is 1890 g/mol. The number of alkyl carbamates (subject to hydrolysis) is 1. The maximum atomic E-state index is 12.6. The normalized spacial score (nSPS) is 15.0. The van der Waals surface area contributed by atoms with Crippen LogP contribution >= 0.6 is 45.2 Å². The summed E-state index contributed by atoms with van der Waals surface area (Å²) in [6.45, 7) is 0.236. The number of hydrogen-bond acceptors (Lipinski definition) is 19. The van der Waals surface area contributed by atoms with Gasteiger partial charge >= 0.3 is 6.09 Å². The number of ketones is 1. The van der Waals surface area contributed by atoms with E-state index in [0.29, 0.717) is 18.6 Å². The van der Waals surface area contributed by atoms with Gasteiger partial charge in [0.15, 0.2) is 5.78 Å². The molecule has 27 heteroatoms. The lowest BCUT2D eigenvalue weighted by Gasteiger charge is -2.28. The van der Waals surface area contributed by atoms with Crippen LogP contribution in [0, 0.1) is 7.14 Å². The van der Waals surface area contributed by atoms with Crippen LogP contribution in [0.2, 0.25) is 0 Å². The molecule has 9 aromatic carbocycles. The van der Waals surface area contributed by atoms with Gasteiger partial charge in [-0.05, 0) is 344 Å². The van der Waals surface area contributed by atoms with E-state index >= 15 is 0 Å². The number of Topliss-reactive ketones (excluding diaryl/α,β-unsaturated/α-hetero) is 1. The summed E-state index contributed by atoms with van der Waals surface area (Å²) in [7, 11) is 0. The molecule has 26 rings (SSSR count). The summed E-state index contributed by atoms with van der Waals surface area (Å²) in [6.07, 6.45) is 39.0. The van der Waals surface area contributed by atoms with Crippen LogP contribution in [0.25, 0.3) is 160 Å². The molecule has 0 spiro atoms. The number of nitrogens with zero attached hydrogens (tertiary/aromatic N) is 12. The number of nitrogens with two attached hydrogens (primary N) is 1. The number of rotatable bonds is 8. The quantitative estimate of drug-likeness (QED) is 0.0632. The van der Waals surface area contributed by atoms with Gasteiger partial charge in [-0.15, -0.1) is 0 Å². The van der Waals surface area contributed by atoms with E-state index in [0.717, 1.165) is 233 Å². The van der Waals surface area contributed by atoms with Gasteiger partial charge < -0.3 is 31.1 Å². The molecule has 0 saturated heterocycles. The number of pyridine rings is 5. The van der Waals surface area contributed by atoms with E-state index in [1.165, 1.54) is 117 Å². The van der Waals surface area contributed by atoms with Gasteiger partial charge in [0.2, 0.25) is 5.95 Å². The molecule has 1 unspecified atom stereocenters. The van der Waals surface area contributed by atoms with Crippen molar-refractivity contribution in [3.05, 3.63) is 287 Å². The maximum Gasteiger partial charge on any atom is 0.407 e. The molecule has 0 fully saturated rings. The molecule has 6 aliphatic rings. The van der Waals surface area contributed by atoms with Crippen molar-refractivity contribution in [2.75, 3.05) is 5.73 Å². The van der Waals surface area contributed by atoms with Gasteiger partial charge in [-0.1, -0.05) is 54.6 Å². The SMILES string of the molecule is Nc1ncc(-c2nc3ccc4[nH]ncc4c3c3c2CCCC3)cn1.O=C(NC1CCc2c(c(-c3ccc(O)cc3)nc3ccc4[nH]ncc4c23)C1)OCc1ccccc1.O=C1CC=CC=C1c1nc2ccc3[nH]ncc3c2c2c1CCCC2.Oc1c(I)cc(-c2nc3ccc4[nH]ncc4c3c3c2CCCC3)cc1I.Oc1cccc(-c2nc3ccc4[nH]ncc4c3c3c2CCCC3)c1. The monoisotopic (exact) mass is 1980 g/mol. The van der Waals surface area contributed by atoms with E-state index in [-0.39, 0.29) is 35.9 Å². The Bertz CT molecular complexity index is 8080. The van der Waals surface area contributed by atoms with Crippen LogP contribution in [-0.4, -0.2) is 119 Å². The first-order valence-electron chi connectivity index (χ1n) is 45.3. The van der Waals surface area contributed by atoms with Crippen LogP contribution in [0.1, 0.15) is 131 Å². The average Bonchev–Trinajstić information content (AvgIpc) is 1.70. The number of nitrogen functional groups attached to an aromatic ring is 1. The maximum absolute atomic E-state index is 12.6. The number of hydrogen-bond donors (Lipinski definition) is 10. The number of aromatic hydroxyl groups is 3. The highest BCUT2D eigenvalue weighted by atomic mass is 127. The third-order valence-corrected chi connectivity index (χ3v) is 28.5. The van der Waals surface area contributed by atoms with Gasteiger partial charge in [0.1, 0.15) is 23.9 Å². The Morgan fingerprint density at radius 1 is 0.406 bits per heavy atom. The summed E-state index contributed by atoms with van der Waals surface area (Å²) in [4.78, 5) is 58.2. The zero-order chi connectivity index (χ0) is 89.9. The fourth-order valence-electron chi connectivity index (χ4n) is 20.7. The Kier molecular flexibility index (Phi) is 22.8. The second-order valence-electron chi connectivity index (χ2n) is 34.9. The van der Waals surface area contributed by atoms with Crippen molar-refractivity contribution in [2.45, 2.75) is 141 Å². The largest absolute Gasteiger partial charge is 0.508 e. The minimum absolute atomic E-state index is 0.0653. The molecule has 11 heterocycles. The molecule has 133 heavy (non-hydrogen) atoms. The number of phenols is 3. The molecular formula is C106H89I2N19O6. The molecule has 6 aliphatic carbocycles. The molecule has 0 aliphatic heterocycles. The lowest BCUT2D eigenvalue weighted by molar-refractivity contribution is -0.113. The second-order valence-corrected chi connectivity index (χ2v) is 37.2. The van der Waals surface area contributed by atoms with Crippen molar-refractivity contribution in [1.29, 1.82) is 0 Å². The number of nitrogens with one attached hydrogen (secondary N) is 6. The lowest BCUT2D eigenvalue weighted by Crippen LogP contribution is -2.39. The number of anilines is 1. The van der Waals surface area contributed by atoms with Gasteiger partial charge in [-0.2, -0.15) is 25.5 Å². The minimum Gasteiger partial charge on any atom is -0.508 e. The number of carbonyl (C=O) groups excluding carboxylic acids is 2. The summed E-state index contributed by atoms with van der Waals surface area (Å²) in [5, 5.41) is 80.9.